The zero-order chi connectivity index (χ0) is 14.9. The van der Waals surface area contributed by atoms with Gasteiger partial charge >= 0.3 is 6.18 Å². The van der Waals surface area contributed by atoms with Crippen molar-refractivity contribution in [1.82, 2.24) is 9.97 Å². The predicted octanol–water partition coefficient (Wildman–Crippen LogP) is 3.94. The third-order valence-electron chi connectivity index (χ3n) is 2.76. The monoisotopic (exact) mass is 300 g/mol. The Bertz CT molecular complexity index is 671. The molecule has 0 saturated carbocycles. The summed E-state index contributed by atoms with van der Waals surface area (Å²) >= 11 is 5.77. The Hall–Kier alpha value is -1.95. The molecule has 0 saturated heterocycles. The molecule has 0 unspecified atom stereocenters. The van der Waals surface area contributed by atoms with E-state index >= 15 is 0 Å². The first-order valence-electron chi connectivity index (χ1n) is 5.48. The van der Waals surface area contributed by atoms with E-state index in [1.807, 2.05) is 0 Å². The molecule has 0 aliphatic carbocycles. The van der Waals surface area contributed by atoms with Gasteiger partial charge in [-0.25, -0.2) is 9.97 Å². The van der Waals surface area contributed by atoms with Crippen LogP contribution in [0.1, 0.15) is 21.5 Å². The van der Waals surface area contributed by atoms with E-state index in [2.05, 4.69) is 9.97 Å². The highest BCUT2D eigenvalue weighted by Crippen LogP contribution is 2.33. The van der Waals surface area contributed by atoms with Gasteiger partial charge in [0, 0.05) is 5.56 Å². The van der Waals surface area contributed by atoms with Crippen molar-refractivity contribution < 1.29 is 18.0 Å². The van der Waals surface area contributed by atoms with E-state index in [1.165, 1.54) is 13.0 Å². The Morgan fingerprint density at radius 1 is 1.25 bits per heavy atom. The summed E-state index contributed by atoms with van der Waals surface area (Å²) in [4.78, 5) is 18.6. The van der Waals surface area contributed by atoms with E-state index in [0.717, 1.165) is 18.5 Å². The SMILES string of the molecule is Cc1cc(C(F)(F)F)ccc1-c1ncnc(Cl)c1C=O. The van der Waals surface area contributed by atoms with Crippen LogP contribution in [0.4, 0.5) is 13.2 Å². The lowest BCUT2D eigenvalue weighted by Crippen LogP contribution is -2.06. The first kappa shape index (κ1) is 14.5. The summed E-state index contributed by atoms with van der Waals surface area (Å²) in [5, 5.41) is -0.0377. The molecule has 1 heterocycles. The first-order chi connectivity index (χ1) is 9.34. The van der Waals surface area contributed by atoms with E-state index < -0.39 is 11.7 Å². The molecule has 0 bridgehead atoms. The molecule has 3 nitrogen and oxygen atoms in total. The highest BCUT2D eigenvalue weighted by atomic mass is 35.5. The van der Waals surface area contributed by atoms with Crippen LogP contribution >= 0.6 is 11.6 Å². The average molecular weight is 301 g/mol. The molecule has 2 aromatic rings. The van der Waals surface area contributed by atoms with Crippen molar-refractivity contribution in [2.24, 2.45) is 0 Å². The first-order valence-corrected chi connectivity index (χ1v) is 5.86. The van der Waals surface area contributed by atoms with E-state index in [9.17, 15) is 18.0 Å². The zero-order valence-corrected chi connectivity index (χ0v) is 11.0. The van der Waals surface area contributed by atoms with Gasteiger partial charge in [0.1, 0.15) is 11.5 Å². The largest absolute Gasteiger partial charge is 0.416 e. The van der Waals surface area contributed by atoms with Gasteiger partial charge in [0.25, 0.3) is 0 Å². The zero-order valence-electron chi connectivity index (χ0n) is 10.2. The minimum atomic E-state index is -4.42. The number of aldehydes is 1. The van der Waals surface area contributed by atoms with E-state index in [0.29, 0.717) is 17.4 Å². The second kappa shape index (κ2) is 5.20. The second-order valence-electron chi connectivity index (χ2n) is 4.07. The van der Waals surface area contributed by atoms with Crippen molar-refractivity contribution in [2.75, 3.05) is 0 Å². The number of aromatic nitrogens is 2. The molecule has 104 valence electrons. The number of hydrogen-bond acceptors (Lipinski definition) is 3. The molecule has 0 spiro atoms. The minimum absolute atomic E-state index is 0.0377. The van der Waals surface area contributed by atoms with Gasteiger partial charge in [-0.3, -0.25) is 4.79 Å². The van der Waals surface area contributed by atoms with Crippen LogP contribution in [0, 0.1) is 6.92 Å². The highest BCUT2D eigenvalue weighted by Gasteiger charge is 2.30. The maximum absolute atomic E-state index is 12.6. The van der Waals surface area contributed by atoms with Crippen molar-refractivity contribution in [2.45, 2.75) is 13.1 Å². The summed E-state index contributed by atoms with van der Waals surface area (Å²) in [7, 11) is 0. The van der Waals surface area contributed by atoms with Crippen molar-refractivity contribution in [3.63, 3.8) is 0 Å². The van der Waals surface area contributed by atoms with Crippen LogP contribution < -0.4 is 0 Å². The van der Waals surface area contributed by atoms with Gasteiger partial charge in [-0.05, 0) is 24.6 Å². The van der Waals surface area contributed by atoms with Gasteiger partial charge in [0.2, 0.25) is 0 Å². The molecule has 0 N–H and O–H groups in total. The number of halogens is 4. The standard InChI is InChI=1S/C13H8ClF3N2O/c1-7-4-8(13(15,16)17)2-3-9(7)11-10(5-20)12(14)19-6-18-11/h2-6H,1H3. The topological polar surface area (TPSA) is 42.9 Å². The maximum atomic E-state index is 12.6. The molecule has 1 aromatic carbocycles. The van der Waals surface area contributed by atoms with Crippen molar-refractivity contribution in [3.05, 3.63) is 46.4 Å². The Morgan fingerprint density at radius 3 is 2.50 bits per heavy atom. The van der Waals surface area contributed by atoms with Crippen LogP contribution in [0.2, 0.25) is 5.15 Å². The molecule has 0 aliphatic rings. The molecular formula is C13H8ClF3N2O. The summed E-state index contributed by atoms with van der Waals surface area (Å²) in [5.41, 5.74) is 0.261. The lowest BCUT2D eigenvalue weighted by molar-refractivity contribution is -0.137. The summed E-state index contributed by atoms with van der Waals surface area (Å²) in [6.45, 7) is 1.51. The number of benzene rings is 1. The van der Waals surface area contributed by atoms with E-state index in [-0.39, 0.29) is 16.4 Å². The van der Waals surface area contributed by atoms with Crippen LogP contribution in [-0.2, 0) is 6.18 Å². The Balaban J connectivity index is 2.61. The highest BCUT2D eigenvalue weighted by molar-refractivity contribution is 6.32. The van der Waals surface area contributed by atoms with Gasteiger partial charge in [-0.2, -0.15) is 13.2 Å². The molecule has 2 rings (SSSR count). The number of aryl methyl sites for hydroxylation is 1. The fourth-order valence-corrected chi connectivity index (χ4v) is 1.98. The molecule has 7 heteroatoms. The number of hydrogen-bond donors (Lipinski definition) is 0. The molecule has 0 atom stereocenters. The fraction of sp³-hybridized carbons (Fsp3) is 0.154. The number of rotatable bonds is 2. The lowest BCUT2D eigenvalue weighted by Gasteiger charge is -2.12. The van der Waals surface area contributed by atoms with Gasteiger partial charge in [0.05, 0.1) is 16.8 Å². The molecule has 20 heavy (non-hydrogen) atoms. The van der Waals surface area contributed by atoms with Gasteiger partial charge < -0.3 is 0 Å². The van der Waals surface area contributed by atoms with Crippen molar-refractivity contribution in [1.29, 1.82) is 0 Å². The Morgan fingerprint density at radius 2 is 1.95 bits per heavy atom. The molecular weight excluding hydrogens is 293 g/mol. The van der Waals surface area contributed by atoms with Gasteiger partial charge in [-0.1, -0.05) is 17.7 Å². The summed E-state index contributed by atoms with van der Waals surface area (Å²) in [5.74, 6) is 0. The average Bonchev–Trinajstić information content (AvgIpc) is 2.37. The molecule has 0 radical (unpaired) electrons. The van der Waals surface area contributed by atoms with E-state index in [4.69, 9.17) is 11.6 Å². The van der Waals surface area contributed by atoms with Gasteiger partial charge in [-0.15, -0.1) is 0 Å². The second-order valence-corrected chi connectivity index (χ2v) is 4.43. The molecule has 0 aliphatic heterocycles. The number of carbonyl (C=O) groups is 1. The maximum Gasteiger partial charge on any atom is 0.416 e. The minimum Gasteiger partial charge on any atom is -0.298 e. The third-order valence-corrected chi connectivity index (χ3v) is 3.06. The molecule has 0 amide bonds. The third kappa shape index (κ3) is 2.65. The van der Waals surface area contributed by atoms with Crippen LogP contribution in [0.5, 0.6) is 0 Å². The van der Waals surface area contributed by atoms with Gasteiger partial charge in [0.15, 0.2) is 6.29 Å². The summed E-state index contributed by atoms with van der Waals surface area (Å²) < 4.78 is 37.8. The Kier molecular flexibility index (Phi) is 3.76. The number of nitrogens with zero attached hydrogens (tertiary/aromatic N) is 2. The fourth-order valence-electron chi connectivity index (χ4n) is 1.80. The van der Waals surface area contributed by atoms with Crippen LogP contribution in [0.15, 0.2) is 24.5 Å². The summed E-state index contributed by atoms with van der Waals surface area (Å²) in [6, 6.07) is 3.21. The normalized spacial score (nSPS) is 11.4. The smallest absolute Gasteiger partial charge is 0.298 e. The van der Waals surface area contributed by atoms with Crippen LogP contribution in [0.3, 0.4) is 0 Å². The molecule has 1 aromatic heterocycles. The van der Waals surface area contributed by atoms with Crippen LogP contribution in [-0.4, -0.2) is 16.3 Å². The van der Waals surface area contributed by atoms with Crippen LogP contribution in [0.25, 0.3) is 11.3 Å². The van der Waals surface area contributed by atoms with E-state index in [1.54, 1.807) is 0 Å². The summed E-state index contributed by atoms with van der Waals surface area (Å²) in [6.07, 6.45) is -2.78. The number of alkyl halides is 3. The van der Waals surface area contributed by atoms with Crippen molar-refractivity contribution in [3.8, 4) is 11.3 Å². The molecule has 0 fully saturated rings. The quantitative estimate of drug-likeness (QED) is 0.623. The predicted molar refractivity (Wildman–Crippen MR) is 67.6 cm³/mol. The number of carbonyl (C=O) groups excluding carboxylic acids is 1. The van der Waals surface area contributed by atoms with Crippen molar-refractivity contribution >= 4 is 17.9 Å². The lowest BCUT2D eigenvalue weighted by atomic mass is 10.00. The Labute approximate surface area is 117 Å².